The highest BCUT2D eigenvalue weighted by atomic mass is 35.5. The average Bonchev–Trinajstić information content (AvgIpc) is 2.71. The summed E-state index contributed by atoms with van der Waals surface area (Å²) >= 11 is 7.86. The molecule has 0 aromatic carbocycles. The largest absolute Gasteiger partial charge is 0.262 e. The molecule has 1 fully saturated rings. The van der Waals surface area contributed by atoms with E-state index in [0.717, 1.165) is 18.1 Å². The van der Waals surface area contributed by atoms with Crippen molar-refractivity contribution in [3.05, 3.63) is 11.6 Å². The first kappa shape index (κ1) is 10.3. The summed E-state index contributed by atoms with van der Waals surface area (Å²) in [6.45, 7) is 4.10. The summed E-state index contributed by atoms with van der Waals surface area (Å²) in [4.78, 5) is 4.44. The SMILES string of the molecule is CC(Cl)c1nc(C2(C)CCCS2)n[nH]1. The fourth-order valence-corrected chi connectivity index (χ4v) is 2.99. The van der Waals surface area contributed by atoms with E-state index in [-0.39, 0.29) is 10.1 Å². The molecule has 0 saturated carbocycles. The minimum absolute atomic E-state index is 0.0914. The molecular weight excluding hydrogens is 218 g/mol. The molecule has 0 radical (unpaired) electrons. The summed E-state index contributed by atoms with van der Waals surface area (Å²) in [6.07, 6.45) is 2.41. The summed E-state index contributed by atoms with van der Waals surface area (Å²) in [7, 11) is 0. The lowest BCUT2D eigenvalue weighted by atomic mass is 10.1. The minimum atomic E-state index is -0.0914. The van der Waals surface area contributed by atoms with Gasteiger partial charge in [-0.15, -0.1) is 23.4 Å². The van der Waals surface area contributed by atoms with Crippen LogP contribution in [0.4, 0.5) is 0 Å². The lowest BCUT2D eigenvalue weighted by Gasteiger charge is -2.17. The van der Waals surface area contributed by atoms with Gasteiger partial charge in [-0.3, -0.25) is 5.10 Å². The van der Waals surface area contributed by atoms with Gasteiger partial charge in [0, 0.05) is 0 Å². The van der Waals surface area contributed by atoms with Crippen LogP contribution in [-0.4, -0.2) is 20.9 Å². The highest BCUT2D eigenvalue weighted by Gasteiger charge is 2.35. The molecule has 0 aliphatic carbocycles. The number of nitrogens with zero attached hydrogens (tertiary/aromatic N) is 2. The monoisotopic (exact) mass is 231 g/mol. The Balaban J connectivity index is 2.23. The van der Waals surface area contributed by atoms with Gasteiger partial charge in [0.1, 0.15) is 5.82 Å². The Morgan fingerprint density at radius 1 is 1.64 bits per heavy atom. The van der Waals surface area contributed by atoms with Gasteiger partial charge in [-0.25, -0.2) is 4.98 Å². The molecule has 1 aliphatic rings. The quantitative estimate of drug-likeness (QED) is 0.796. The van der Waals surface area contributed by atoms with Crippen LogP contribution in [0.25, 0.3) is 0 Å². The number of halogens is 1. The Labute approximate surface area is 93.0 Å². The molecule has 1 aromatic rings. The summed E-state index contributed by atoms with van der Waals surface area (Å²) in [5.74, 6) is 2.88. The number of H-pyrrole nitrogens is 1. The van der Waals surface area contributed by atoms with Crippen molar-refractivity contribution in [3.8, 4) is 0 Å². The van der Waals surface area contributed by atoms with Crippen LogP contribution in [0.5, 0.6) is 0 Å². The Bertz CT molecular complexity index is 318. The molecule has 5 heteroatoms. The fourth-order valence-electron chi connectivity index (χ4n) is 1.64. The van der Waals surface area contributed by atoms with Crippen LogP contribution in [0.1, 0.15) is 43.7 Å². The third-order valence-electron chi connectivity index (χ3n) is 2.57. The van der Waals surface area contributed by atoms with Gasteiger partial charge in [-0.2, -0.15) is 5.10 Å². The zero-order valence-electron chi connectivity index (χ0n) is 8.38. The molecule has 0 spiro atoms. The van der Waals surface area contributed by atoms with Gasteiger partial charge < -0.3 is 0 Å². The van der Waals surface area contributed by atoms with Crippen molar-refractivity contribution in [2.75, 3.05) is 5.75 Å². The normalized spacial score (nSPS) is 29.4. The minimum Gasteiger partial charge on any atom is -0.262 e. The van der Waals surface area contributed by atoms with Crippen LogP contribution in [-0.2, 0) is 4.75 Å². The van der Waals surface area contributed by atoms with Crippen molar-refractivity contribution < 1.29 is 0 Å². The highest BCUT2D eigenvalue weighted by molar-refractivity contribution is 8.00. The average molecular weight is 232 g/mol. The molecule has 14 heavy (non-hydrogen) atoms. The van der Waals surface area contributed by atoms with Crippen LogP contribution in [0.15, 0.2) is 0 Å². The van der Waals surface area contributed by atoms with Gasteiger partial charge in [-0.05, 0) is 32.4 Å². The second-order valence-electron chi connectivity index (χ2n) is 3.84. The maximum Gasteiger partial charge on any atom is 0.166 e. The molecule has 3 nitrogen and oxygen atoms in total. The first-order chi connectivity index (χ1) is 6.62. The second kappa shape index (κ2) is 3.74. The number of alkyl halides is 1. The van der Waals surface area contributed by atoms with E-state index < -0.39 is 0 Å². The van der Waals surface area contributed by atoms with Gasteiger partial charge in [-0.1, -0.05) is 0 Å². The molecule has 2 heterocycles. The molecule has 2 unspecified atom stereocenters. The van der Waals surface area contributed by atoms with E-state index in [9.17, 15) is 0 Å². The Hall–Kier alpha value is -0.220. The number of hydrogen-bond acceptors (Lipinski definition) is 3. The third-order valence-corrected chi connectivity index (χ3v) is 4.29. The van der Waals surface area contributed by atoms with Crippen LogP contribution in [0.3, 0.4) is 0 Å². The molecule has 0 bridgehead atoms. The van der Waals surface area contributed by atoms with Crippen molar-refractivity contribution in [3.63, 3.8) is 0 Å². The zero-order valence-corrected chi connectivity index (χ0v) is 9.95. The first-order valence-electron chi connectivity index (χ1n) is 4.83. The molecule has 0 amide bonds. The van der Waals surface area contributed by atoms with Crippen molar-refractivity contribution in [2.24, 2.45) is 0 Å². The maximum atomic E-state index is 5.93. The molecule has 78 valence electrons. The maximum absolute atomic E-state index is 5.93. The smallest absolute Gasteiger partial charge is 0.166 e. The molecule has 1 aromatic heterocycles. The molecule has 1 N–H and O–H groups in total. The predicted molar refractivity (Wildman–Crippen MR) is 59.7 cm³/mol. The Morgan fingerprint density at radius 3 is 2.93 bits per heavy atom. The standard InChI is InChI=1S/C9H14ClN3S/c1-6(10)7-11-8(13-12-7)9(2)4-3-5-14-9/h6H,3-5H2,1-2H3,(H,11,12,13). The molecule has 1 saturated heterocycles. The van der Waals surface area contributed by atoms with Crippen LogP contribution in [0, 0.1) is 0 Å². The van der Waals surface area contributed by atoms with Crippen LogP contribution < -0.4 is 0 Å². The van der Waals surface area contributed by atoms with E-state index in [1.807, 2.05) is 18.7 Å². The van der Waals surface area contributed by atoms with Crippen LogP contribution >= 0.6 is 23.4 Å². The van der Waals surface area contributed by atoms with E-state index in [1.165, 1.54) is 12.2 Å². The summed E-state index contributed by atoms with van der Waals surface area (Å²) in [5.41, 5.74) is 0. The van der Waals surface area contributed by atoms with Gasteiger partial charge in [0.25, 0.3) is 0 Å². The van der Waals surface area contributed by atoms with E-state index >= 15 is 0 Å². The van der Waals surface area contributed by atoms with Gasteiger partial charge in [0.15, 0.2) is 5.82 Å². The van der Waals surface area contributed by atoms with E-state index in [1.54, 1.807) is 0 Å². The predicted octanol–water partition coefficient (Wildman–Crippen LogP) is 2.85. The Morgan fingerprint density at radius 2 is 2.43 bits per heavy atom. The summed E-state index contributed by atoms with van der Waals surface area (Å²) in [5, 5.41) is 7.06. The first-order valence-corrected chi connectivity index (χ1v) is 6.25. The summed E-state index contributed by atoms with van der Waals surface area (Å²) < 4.78 is 0.0977. The number of thioether (sulfide) groups is 1. The summed E-state index contributed by atoms with van der Waals surface area (Å²) in [6, 6.07) is 0. The topological polar surface area (TPSA) is 41.6 Å². The zero-order chi connectivity index (χ0) is 10.2. The Kier molecular flexibility index (Phi) is 2.75. The van der Waals surface area contributed by atoms with E-state index in [4.69, 9.17) is 11.6 Å². The van der Waals surface area contributed by atoms with E-state index in [0.29, 0.717) is 0 Å². The van der Waals surface area contributed by atoms with Gasteiger partial charge >= 0.3 is 0 Å². The van der Waals surface area contributed by atoms with Gasteiger partial charge in [0.05, 0.1) is 10.1 Å². The lowest BCUT2D eigenvalue weighted by molar-refractivity contribution is 0.607. The fraction of sp³-hybridized carbons (Fsp3) is 0.778. The molecule has 2 rings (SSSR count). The van der Waals surface area contributed by atoms with Crippen molar-refractivity contribution in [1.29, 1.82) is 0 Å². The molecular formula is C9H14ClN3S. The molecule has 1 aliphatic heterocycles. The number of aromatic amines is 1. The van der Waals surface area contributed by atoms with Crippen LogP contribution in [0.2, 0.25) is 0 Å². The van der Waals surface area contributed by atoms with E-state index in [2.05, 4.69) is 22.1 Å². The molecule has 2 atom stereocenters. The van der Waals surface area contributed by atoms with Crippen molar-refractivity contribution in [1.82, 2.24) is 15.2 Å². The van der Waals surface area contributed by atoms with Crippen molar-refractivity contribution >= 4 is 23.4 Å². The van der Waals surface area contributed by atoms with Crippen molar-refractivity contribution in [2.45, 2.75) is 36.8 Å². The highest BCUT2D eigenvalue weighted by Crippen LogP contribution is 2.44. The number of nitrogens with one attached hydrogen (secondary N) is 1. The lowest BCUT2D eigenvalue weighted by Crippen LogP contribution is -2.15. The number of aromatic nitrogens is 3. The van der Waals surface area contributed by atoms with Gasteiger partial charge in [0.2, 0.25) is 0 Å². The third kappa shape index (κ3) is 1.77. The number of hydrogen-bond donors (Lipinski definition) is 1. The second-order valence-corrected chi connectivity index (χ2v) is 6.10. The number of rotatable bonds is 2.